The number of unbranched alkanes of at least 4 members (excludes halogenated alkanes) is 42. The molecule has 0 aromatic rings. The number of allylic oxidation sites excluding steroid dienone is 5. The standard InChI is InChI=1S/C63H119NO5/c1-3-5-7-9-11-13-15-17-18-19-26-29-33-37-41-45-49-53-57-63(68)69-58-54-50-46-42-38-34-30-27-24-22-20-21-23-25-28-32-36-40-44-48-52-56-62(67)64-60(59-65)61(66)55-51-47-43-39-35-31-16-14-12-10-8-6-4-2/h13,15,18-19,51,55,60-61,65-66H,3-12,14,16-17,20-50,52-54,56-59H2,1-2H3,(H,64,67)/b15-13-,19-18-,55-51+. The highest BCUT2D eigenvalue weighted by Crippen LogP contribution is 2.17. The Kier molecular flexibility index (Phi) is 57.0. The number of aliphatic hydroxyl groups excluding tert-OH is 2. The van der Waals surface area contributed by atoms with Crippen molar-refractivity contribution in [3.8, 4) is 0 Å². The summed E-state index contributed by atoms with van der Waals surface area (Å²) in [4.78, 5) is 24.5. The van der Waals surface area contributed by atoms with Crippen LogP contribution in [0.1, 0.15) is 328 Å². The smallest absolute Gasteiger partial charge is 0.305 e. The topological polar surface area (TPSA) is 95.9 Å². The van der Waals surface area contributed by atoms with Gasteiger partial charge in [0.1, 0.15) is 0 Å². The average molecular weight is 971 g/mol. The molecule has 0 aromatic heterocycles. The van der Waals surface area contributed by atoms with Crippen LogP contribution in [0.5, 0.6) is 0 Å². The molecule has 6 nitrogen and oxygen atoms in total. The molecule has 0 rings (SSSR count). The van der Waals surface area contributed by atoms with Gasteiger partial charge in [0, 0.05) is 12.8 Å². The highest BCUT2D eigenvalue weighted by Gasteiger charge is 2.18. The number of hydrogen-bond acceptors (Lipinski definition) is 5. The van der Waals surface area contributed by atoms with E-state index in [1.165, 1.54) is 250 Å². The minimum Gasteiger partial charge on any atom is -0.466 e. The molecule has 0 saturated carbocycles. The largest absolute Gasteiger partial charge is 0.466 e. The number of ether oxygens (including phenoxy) is 1. The molecule has 6 heteroatoms. The van der Waals surface area contributed by atoms with E-state index >= 15 is 0 Å². The number of carbonyl (C=O) groups excluding carboxylic acids is 2. The quantitative estimate of drug-likeness (QED) is 0.0321. The number of esters is 1. The van der Waals surface area contributed by atoms with Crippen LogP contribution < -0.4 is 5.32 Å². The van der Waals surface area contributed by atoms with Crippen molar-refractivity contribution >= 4 is 11.9 Å². The highest BCUT2D eigenvalue weighted by atomic mass is 16.5. The number of aliphatic hydroxyl groups is 2. The second-order valence-corrected chi connectivity index (χ2v) is 21.0. The van der Waals surface area contributed by atoms with Crippen LogP contribution in [0, 0.1) is 0 Å². The predicted octanol–water partition coefficient (Wildman–Crippen LogP) is 19.2. The number of rotatable bonds is 57. The fourth-order valence-electron chi connectivity index (χ4n) is 9.43. The summed E-state index contributed by atoms with van der Waals surface area (Å²) in [6.07, 6.45) is 73.2. The zero-order chi connectivity index (χ0) is 50.0. The Bertz CT molecular complexity index is 1120. The van der Waals surface area contributed by atoms with Crippen molar-refractivity contribution in [1.82, 2.24) is 5.32 Å². The lowest BCUT2D eigenvalue weighted by atomic mass is 10.0. The van der Waals surface area contributed by atoms with Gasteiger partial charge in [0.2, 0.25) is 5.91 Å². The first-order chi connectivity index (χ1) is 34.0. The lowest BCUT2D eigenvalue weighted by molar-refractivity contribution is -0.143. The molecular weight excluding hydrogens is 851 g/mol. The van der Waals surface area contributed by atoms with Gasteiger partial charge in [-0.05, 0) is 64.2 Å². The Balaban J connectivity index is 3.39. The SMILES string of the molecule is CCCCCC/C=C\C/C=C\CCCCCCCCCC(=O)OCCCCCCCCCCCCCCCCCCCCCCCC(=O)NC(CO)C(O)/C=C/CCCCCCCCCCCCC. The summed E-state index contributed by atoms with van der Waals surface area (Å²) in [6.45, 7) is 4.89. The molecule has 0 bridgehead atoms. The van der Waals surface area contributed by atoms with Gasteiger partial charge in [0.15, 0.2) is 0 Å². The summed E-state index contributed by atoms with van der Waals surface area (Å²) in [5.41, 5.74) is 0. The fourth-order valence-corrected chi connectivity index (χ4v) is 9.43. The third kappa shape index (κ3) is 55.2. The van der Waals surface area contributed by atoms with Gasteiger partial charge in [-0.15, -0.1) is 0 Å². The summed E-state index contributed by atoms with van der Waals surface area (Å²) in [5.74, 6) is -0.0648. The van der Waals surface area contributed by atoms with E-state index in [1.807, 2.05) is 6.08 Å². The van der Waals surface area contributed by atoms with Crippen LogP contribution in [-0.2, 0) is 14.3 Å². The molecule has 0 fully saturated rings. The first kappa shape index (κ1) is 67.1. The van der Waals surface area contributed by atoms with Crippen molar-refractivity contribution in [1.29, 1.82) is 0 Å². The molecule has 69 heavy (non-hydrogen) atoms. The first-order valence-corrected chi connectivity index (χ1v) is 30.8. The minimum absolute atomic E-state index is 0.00402. The zero-order valence-corrected chi connectivity index (χ0v) is 46.3. The van der Waals surface area contributed by atoms with Gasteiger partial charge >= 0.3 is 5.97 Å². The number of hydrogen-bond donors (Lipinski definition) is 3. The molecule has 0 spiro atoms. The Morgan fingerprint density at radius 1 is 0.406 bits per heavy atom. The van der Waals surface area contributed by atoms with Crippen LogP contribution in [0.2, 0.25) is 0 Å². The van der Waals surface area contributed by atoms with Gasteiger partial charge in [0.05, 0.1) is 25.4 Å². The summed E-state index contributed by atoms with van der Waals surface area (Å²) in [5, 5.41) is 23.1. The number of carbonyl (C=O) groups is 2. The molecule has 2 atom stereocenters. The Labute approximate surface area is 430 Å². The van der Waals surface area contributed by atoms with Crippen LogP contribution in [-0.4, -0.2) is 47.4 Å². The van der Waals surface area contributed by atoms with Gasteiger partial charge in [-0.25, -0.2) is 0 Å². The summed E-state index contributed by atoms with van der Waals surface area (Å²) < 4.78 is 5.49. The second kappa shape index (κ2) is 58.6. The van der Waals surface area contributed by atoms with Crippen LogP contribution in [0.4, 0.5) is 0 Å². The van der Waals surface area contributed by atoms with E-state index in [1.54, 1.807) is 6.08 Å². The van der Waals surface area contributed by atoms with E-state index in [9.17, 15) is 19.8 Å². The van der Waals surface area contributed by atoms with E-state index in [2.05, 4.69) is 43.5 Å². The van der Waals surface area contributed by atoms with Crippen molar-refractivity contribution < 1.29 is 24.5 Å². The molecule has 2 unspecified atom stereocenters. The first-order valence-electron chi connectivity index (χ1n) is 30.8. The predicted molar refractivity (Wildman–Crippen MR) is 301 cm³/mol. The summed E-state index contributed by atoms with van der Waals surface area (Å²) >= 11 is 0. The highest BCUT2D eigenvalue weighted by molar-refractivity contribution is 5.76. The molecule has 0 aliphatic rings. The van der Waals surface area contributed by atoms with Crippen molar-refractivity contribution in [3.63, 3.8) is 0 Å². The van der Waals surface area contributed by atoms with Gasteiger partial charge in [0.25, 0.3) is 0 Å². The van der Waals surface area contributed by atoms with E-state index in [-0.39, 0.29) is 18.5 Å². The monoisotopic (exact) mass is 970 g/mol. The lowest BCUT2D eigenvalue weighted by Gasteiger charge is -2.20. The summed E-state index contributed by atoms with van der Waals surface area (Å²) in [7, 11) is 0. The van der Waals surface area contributed by atoms with E-state index in [0.717, 1.165) is 51.4 Å². The fraction of sp³-hybridized carbons (Fsp3) is 0.873. The molecule has 3 N–H and O–H groups in total. The summed E-state index contributed by atoms with van der Waals surface area (Å²) in [6, 6.07) is -0.628. The van der Waals surface area contributed by atoms with Crippen molar-refractivity contribution in [2.24, 2.45) is 0 Å². The van der Waals surface area contributed by atoms with Crippen LogP contribution in [0.3, 0.4) is 0 Å². The Morgan fingerprint density at radius 2 is 0.725 bits per heavy atom. The maximum atomic E-state index is 12.4. The van der Waals surface area contributed by atoms with Gasteiger partial charge in [-0.2, -0.15) is 0 Å². The molecule has 0 saturated heterocycles. The molecule has 0 aromatic carbocycles. The minimum atomic E-state index is -0.845. The van der Waals surface area contributed by atoms with Crippen LogP contribution >= 0.6 is 0 Å². The molecular formula is C63H119NO5. The number of amides is 1. The van der Waals surface area contributed by atoms with Gasteiger partial charge in [-0.3, -0.25) is 9.59 Å². The maximum Gasteiger partial charge on any atom is 0.305 e. The molecule has 0 aliphatic heterocycles. The van der Waals surface area contributed by atoms with Crippen LogP contribution in [0.25, 0.3) is 0 Å². The molecule has 406 valence electrons. The lowest BCUT2D eigenvalue weighted by Crippen LogP contribution is -2.45. The normalized spacial score (nSPS) is 12.8. The van der Waals surface area contributed by atoms with Crippen molar-refractivity contribution in [2.75, 3.05) is 13.2 Å². The van der Waals surface area contributed by atoms with Crippen LogP contribution in [0.15, 0.2) is 36.5 Å². The Morgan fingerprint density at radius 3 is 1.12 bits per heavy atom. The van der Waals surface area contributed by atoms with Crippen molar-refractivity contribution in [2.45, 2.75) is 341 Å². The molecule has 0 heterocycles. The third-order valence-corrected chi connectivity index (χ3v) is 14.2. The molecule has 1 amide bonds. The van der Waals surface area contributed by atoms with E-state index in [4.69, 9.17) is 4.74 Å². The zero-order valence-electron chi connectivity index (χ0n) is 46.3. The molecule has 0 radical (unpaired) electrons. The Hall–Kier alpha value is -1.92. The average Bonchev–Trinajstić information content (AvgIpc) is 3.35. The third-order valence-electron chi connectivity index (χ3n) is 14.2. The number of nitrogens with one attached hydrogen (secondary N) is 1. The molecule has 0 aliphatic carbocycles. The van der Waals surface area contributed by atoms with Gasteiger partial charge in [-0.1, -0.05) is 288 Å². The van der Waals surface area contributed by atoms with Gasteiger partial charge < -0.3 is 20.3 Å². The van der Waals surface area contributed by atoms with Crippen molar-refractivity contribution in [3.05, 3.63) is 36.5 Å². The maximum absolute atomic E-state index is 12.4. The van der Waals surface area contributed by atoms with E-state index in [0.29, 0.717) is 19.4 Å². The van der Waals surface area contributed by atoms with E-state index < -0.39 is 12.1 Å². The second-order valence-electron chi connectivity index (χ2n) is 21.0.